The van der Waals surface area contributed by atoms with Gasteiger partial charge in [0, 0.05) is 17.5 Å². The van der Waals surface area contributed by atoms with Crippen molar-refractivity contribution >= 4 is 23.3 Å². The molecular weight excluding hydrogens is 372 g/mol. The van der Waals surface area contributed by atoms with E-state index in [1.807, 2.05) is 0 Å². The summed E-state index contributed by atoms with van der Waals surface area (Å²) >= 11 is 0. The number of hydrogen-bond acceptors (Lipinski definition) is 6. The van der Waals surface area contributed by atoms with E-state index in [4.69, 9.17) is 14.2 Å². The Balaban J connectivity index is 1.92. The fourth-order valence-corrected chi connectivity index (χ4v) is 2.84. The average molecular weight is 394 g/mol. The Morgan fingerprint density at radius 3 is 2.14 bits per heavy atom. The normalized spacial score (nSPS) is 14.6. The number of methoxy groups -OCH3 is 2. The molecule has 1 aliphatic heterocycles. The number of nitrogens with zero attached hydrogens (tertiary/aromatic N) is 1. The van der Waals surface area contributed by atoms with E-state index in [2.05, 4.69) is 5.32 Å². The van der Waals surface area contributed by atoms with Crippen LogP contribution in [0.1, 0.15) is 6.92 Å². The molecule has 0 aliphatic carbocycles. The highest BCUT2D eigenvalue weighted by molar-refractivity contribution is 6.14. The van der Waals surface area contributed by atoms with Crippen molar-refractivity contribution < 1.29 is 23.8 Å². The number of carbonyl (C=O) groups is 2. The maximum Gasteiger partial charge on any atom is 0.332 e. The van der Waals surface area contributed by atoms with Gasteiger partial charge in [-0.15, -0.1) is 0 Å². The lowest BCUT2D eigenvalue weighted by Gasteiger charge is -2.19. The highest BCUT2D eigenvalue weighted by Gasteiger charge is 2.30. The fourth-order valence-electron chi connectivity index (χ4n) is 2.84. The second-order valence-corrected chi connectivity index (χ2v) is 6.07. The van der Waals surface area contributed by atoms with Crippen molar-refractivity contribution in [1.82, 2.24) is 0 Å². The molecule has 7 nitrogen and oxygen atoms in total. The van der Waals surface area contributed by atoms with E-state index < -0.39 is 5.97 Å². The zero-order chi connectivity index (χ0) is 20.8. The number of ether oxygens (including phenoxy) is 3. The van der Waals surface area contributed by atoms with Crippen LogP contribution in [0.15, 0.2) is 72.1 Å². The molecule has 1 N–H and O–H groups in total. The Morgan fingerprint density at radius 1 is 1.00 bits per heavy atom. The molecule has 150 valence electrons. The minimum Gasteiger partial charge on any atom is -0.497 e. The first-order chi connectivity index (χ1) is 14.0. The van der Waals surface area contributed by atoms with E-state index in [1.165, 1.54) is 11.0 Å². The maximum absolute atomic E-state index is 13.1. The Kier molecular flexibility index (Phi) is 6.19. The van der Waals surface area contributed by atoms with E-state index in [9.17, 15) is 9.59 Å². The summed E-state index contributed by atoms with van der Waals surface area (Å²) in [6.07, 6.45) is 2.92. The summed E-state index contributed by atoms with van der Waals surface area (Å²) in [5, 5.41) is 3.10. The van der Waals surface area contributed by atoms with Gasteiger partial charge in [-0.1, -0.05) is 0 Å². The van der Waals surface area contributed by atoms with Gasteiger partial charge in [-0.2, -0.15) is 0 Å². The highest BCUT2D eigenvalue weighted by atomic mass is 16.5. The third kappa shape index (κ3) is 4.57. The lowest BCUT2D eigenvalue weighted by Crippen LogP contribution is -2.27. The van der Waals surface area contributed by atoms with Crippen molar-refractivity contribution in [3.05, 3.63) is 72.1 Å². The quantitative estimate of drug-likeness (QED) is 0.572. The van der Waals surface area contributed by atoms with Gasteiger partial charge in [-0.3, -0.25) is 9.69 Å². The minimum absolute atomic E-state index is 0.250. The van der Waals surface area contributed by atoms with Crippen molar-refractivity contribution in [1.29, 1.82) is 0 Å². The van der Waals surface area contributed by atoms with Crippen molar-refractivity contribution in [3.8, 4) is 11.5 Å². The first-order valence-electron chi connectivity index (χ1n) is 9.05. The van der Waals surface area contributed by atoms with E-state index in [0.717, 1.165) is 5.69 Å². The topological polar surface area (TPSA) is 77.1 Å². The minimum atomic E-state index is -0.518. The van der Waals surface area contributed by atoms with Crippen LogP contribution in [0.5, 0.6) is 11.5 Å². The maximum atomic E-state index is 13.1. The molecule has 0 unspecified atom stereocenters. The number of anilines is 2. The average Bonchev–Trinajstić information content (AvgIpc) is 3.03. The van der Waals surface area contributed by atoms with Gasteiger partial charge >= 0.3 is 5.97 Å². The summed E-state index contributed by atoms with van der Waals surface area (Å²) in [7, 11) is 3.16. The molecule has 2 aromatic carbocycles. The molecule has 0 atom stereocenters. The van der Waals surface area contributed by atoms with E-state index in [-0.39, 0.29) is 12.5 Å². The molecule has 29 heavy (non-hydrogen) atoms. The first-order valence-corrected chi connectivity index (χ1v) is 9.05. The third-order valence-electron chi connectivity index (χ3n) is 4.24. The Hall–Kier alpha value is -3.74. The Labute approximate surface area is 169 Å². The molecule has 0 fully saturated rings. The summed E-state index contributed by atoms with van der Waals surface area (Å²) < 4.78 is 15.3. The second-order valence-electron chi connectivity index (χ2n) is 6.07. The summed E-state index contributed by atoms with van der Waals surface area (Å²) in [6.45, 7) is 1.98. The largest absolute Gasteiger partial charge is 0.497 e. The molecule has 1 amide bonds. The molecule has 0 aromatic heterocycles. The third-order valence-corrected chi connectivity index (χ3v) is 4.24. The molecule has 7 heteroatoms. The number of amides is 1. The van der Waals surface area contributed by atoms with Crippen molar-refractivity contribution in [3.63, 3.8) is 0 Å². The van der Waals surface area contributed by atoms with E-state index in [0.29, 0.717) is 28.6 Å². The molecule has 0 radical (unpaired) electrons. The molecule has 2 aromatic rings. The van der Waals surface area contributed by atoms with Crippen molar-refractivity contribution in [2.75, 3.05) is 31.0 Å². The number of esters is 1. The zero-order valence-electron chi connectivity index (χ0n) is 16.5. The highest BCUT2D eigenvalue weighted by Crippen LogP contribution is 2.31. The van der Waals surface area contributed by atoms with Gasteiger partial charge in [-0.05, 0) is 61.5 Å². The standard InChI is InChI=1S/C22H22N2O5/c1-4-29-21(25)14-17-13-20(23-15-5-9-18(27-2)10-6-15)22(26)24(17)16-7-11-19(28-3)12-8-16/h5-14,23H,4H2,1-3H3/b17-14+. The summed E-state index contributed by atoms with van der Waals surface area (Å²) in [4.78, 5) is 26.5. The van der Waals surface area contributed by atoms with Crippen LogP contribution in [0, 0.1) is 0 Å². The molecular formula is C22H22N2O5. The molecule has 3 rings (SSSR count). The monoisotopic (exact) mass is 394 g/mol. The van der Waals surface area contributed by atoms with E-state index in [1.54, 1.807) is 75.8 Å². The van der Waals surface area contributed by atoms with Gasteiger partial charge in [0.25, 0.3) is 5.91 Å². The predicted molar refractivity (Wildman–Crippen MR) is 110 cm³/mol. The smallest absolute Gasteiger partial charge is 0.332 e. The first kappa shape index (κ1) is 20.0. The predicted octanol–water partition coefficient (Wildman–Crippen LogP) is 3.49. The molecule has 0 saturated carbocycles. The van der Waals surface area contributed by atoms with Gasteiger partial charge in [0.2, 0.25) is 0 Å². The molecule has 0 saturated heterocycles. The molecule has 0 bridgehead atoms. The SMILES string of the molecule is CCOC(=O)/C=C1\C=C(Nc2ccc(OC)cc2)C(=O)N1c1ccc(OC)cc1. The number of allylic oxidation sites excluding steroid dienone is 1. The zero-order valence-corrected chi connectivity index (χ0v) is 16.5. The van der Waals surface area contributed by atoms with Crippen LogP contribution in [0.4, 0.5) is 11.4 Å². The summed E-state index contributed by atoms with van der Waals surface area (Å²) in [5.41, 5.74) is 2.07. The number of hydrogen-bond donors (Lipinski definition) is 1. The fraction of sp³-hybridized carbons (Fsp3) is 0.182. The van der Waals surface area contributed by atoms with Crippen molar-refractivity contribution in [2.24, 2.45) is 0 Å². The Bertz CT molecular complexity index is 946. The lowest BCUT2D eigenvalue weighted by molar-refractivity contribution is -0.137. The van der Waals surface area contributed by atoms with Gasteiger partial charge in [0.1, 0.15) is 17.2 Å². The van der Waals surface area contributed by atoms with Crippen LogP contribution in [-0.2, 0) is 14.3 Å². The molecule has 1 heterocycles. The van der Waals surface area contributed by atoms with Crippen LogP contribution in [0.3, 0.4) is 0 Å². The lowest BCUT2D eigenvalue weighted by atomic mass is 10.2. The van der Waals surface area contributed by atoms with Gasteiger partial charge in [0.15, 0.2) is 0 Å². The summed E-state index contributed by atoms with van der Waals surface area (Å²) in [6, 6.07) is 14.2. The number of nitrogens with one attached hydrogen (secondary N) is 1. The van der Waals surface area contributed by atoms with Gasteiger partial charge < -0.3 is 19.5 Å². The molecule has 1 aliphatic rings. The van der Waals surface area contributed by atoms with Crippen LogP contribution < -0.4 is 19.7 Å². The summed E-state index contributed by atoms with van der Waals surface area (Å²) in [5.74, 6) is 0.572. The van der Waals surface area contributed by atoms with Crippen LogP contribution in [0.2, 0.25) is 0 Å². The second kappa shape index (κ2) is 8.97. The van der Waals surface area contributed by atoms with Crippen LogP contribution in [-0.4, -0.2) is 32.7 Å². The number of rotatable bonds is 7. The van der Waals surface area contributed by atoms with Crippen LogP contribution >= 0.6 is 0 Å². The van der Waals surface area contributed by atoms with Gasteiger partial charge in [0.05, 0.1) is 26.5 Å². The molecule has 0 spiro atoms. The van der Waals surface area contributed by atoms with Gasteiger partial charge in [-0.25, -0.2) is 4.79 Å². The number of benzene rings is 2. The number of carbonyl (C=O) groups excluding carboxylic acids is 2. The Morgan fingerprint density at radius 2 is 1.59 bits per heavy atom. The van der Waals surface area contributed by atoms with Crippen molar-refractivity contribution in [2.45, 2.75) is 6.92 Å². The van der Waals surface area contributed by atoms with Crippen LogP contribution in [0.25, 0.3) is 0 Å². The van der Waals surface area contributed by atoms with E-state index >= 15 is 0 Å².